The number of hydrogen-bond donors (Lipinski definition) is 0. The van der Waals surface area contributed by atoms with Crippen LogP contribution in [0.4, 0.5) is 0 Å². The Bertz CT molecular complexity index is 744. The fourth-order valence-electron chi connectivity index (χ4n) is 3.00. The van der Waals surface area contributed by atoms with Gasteiger partial charge < -0.3 is 14.5 Å². The minimum Gasteiger partial charge on any atom is -0.484 e. The van der Waals surface area contributed by atoms with E-state index in [-0.39, 0.29) is 18.4 Å². The van der Waals surface area contributed by atoms with Crippen LogP contribution in [0.5, 0.6) is 5.75 Å². The van der Waals surface area contributed by atoms with E-state index >= 15 is 0 Å². The van der Waals surface area contributed by atoms with Crippen molar-refractivity contribution in [2.75, 3.05) is 32.8 Å². The van der Waals surface area contributed by atoms with E-state index in [9.17, 15) is 9.59 Å². The van der Waals surface area contributed by atoms with Crippen molar-refractivity contribution in [3.8, 4) is 5.75 Å². The molecule has 1 fully saturated rings. The largest absolute Gasteiger partial charge is 0.484 e. The lowest BCUT2D eigenvalue weighted by molar-refractivity contribution is -0.133. The van der Waals surface area contributed by atoms with E-state index in [4.69, 9.17) is 4.74 Å². The summed E-state index contributed by atoms with van der Waals surface area (Å²) in [5, 5.41) is 0. The molecule has 0 N–H and O–H groups in total. The molecule has 136 valence electrons. The first-order chi connectivity index (χ1) is 12.6. The average Bonchev–Trinajstić information content (AvgIpc) is 2.93. The minimum absolute atomic E-state index is 0.0237. The first kappa shape index (κ1) is 18.0. The SMILES string of the molecule is Cc1ccc(C(=O)N2CCCN(C(=O)COc3ccccc3)CC2)cc1. The van der Waals surface area contributed by atoms with Gasteiger partial charge in [0.2, 0.25) is 0 Å². The Labute approximate surface area is 154 Å². The van der Waals surface area contributed by atoms with Gasteiger partial charge in [-0.3, -0.25) is 9.59 Å². The lowest BCUT2D eigenvalue weighted by Crippen LogP contribution is -2.39. The third kappa shape index (κ3) is 4.63. The Hall–Kier alpha value is -2.82. The second kappa shape index (κ2) is 8.52. The summed E-state index contributed by atoms with van der Waals surface area (Å²) in [6.07, 6.45) is 0.772. The lowest BCUT2D eigenvalue weighted by atomic mass is 10.1. The average molecular weight is 352 g/mol. The second-order valence-corrected chi connectivity index (χ2v) is 6.49. The fraction of sp³-hybridized carbons (Fsp3) is 0.333. The van der Waals surface area contributed by atoms with Gasteiger partial charge in [0, 0.05) is 31.7 Å². The number of aryl methyl sites for hydroxylation is 1. The molecule has 0 unspecified atom stereocenters. The quantitative estimate of drug-likeness (QED) is 0.850. The number of amides is 2. The van der Waals surface area contributed by atoms with Crippen molar-refractivity contribution in [3.05, 3.63) is 65.7 Å². The zero-order chi connectivity index (χ0) is 18.4. The number of nitrogens with zero attached hydrogens (tertiary/aromatic N) is 2. The Morgan fingerprint density at radius 1 is 0.885 bits per heavy atom. The van der Waals surface area contributed by atoms with E-state index in [2.05, 4.69) is 0 Å². The molecule has 2 aromatic carbocycles. The Kier molecular flexibility index (Phi) is 5.89. The predicted octanol–water partition coefficient (Wildman–Crippen LogP) is 2.75. The number of hydrogen-bond acceptors (Lipinski definition) is 3. The van der Waals surface area contributed by atoms with Crippen LogP contribution in [-0.4, -0.2) is 54.4 Å². The molecule has 2 amide bonds. The van der Waals surface area contributed by atoms with Gasteiger partial charge in [-0.15, -0.1) is 0 Å². The Morgan fingerprint density at radius 3 is 2.27 bits per heavy atom. The van der Waals surface area contributed by atoms with Crippen molar-refractivity contribution < 1.29 is 14.3 Å². The van der Waals surface area contributed by atoms with Crippen molar-refractivity contribution in [3.63, 3.8) is 0 Å². The summed E-state index contributed by atoms with van der Waals surface area (Å²) in [5.41, 5.74) is 1.83. The summed E-state index contributed by atoms with van der Waals surface area (Å²) < 4.78 is 5.54. The van der Waals surface area contributed by atoms with Gasteiger partial charge in [-0.1, -0.05) is 35.9 Å². The van der Waals surface area contributed by atoms with Crippen molar-refractivity contribution in [1.29, 1.82) is 0 Å². The van der Waals surface area contributed by atoms with Gasteiger partial charge >= 0.3 is 0 Å². The Balaban J connectivity index is 1.53. The van der Waals surface area contributed by atoms with Crippen molar-refractivity contribution in [2.45, 2.75) is 13.3 Å². The molecule has 0 saturated carbocycles. The molecule has 0 radical (unpaired) electrons. The normalized spacial score (nSPS) is 14.7. The number of carbonyl (C=O) groups excluding carboxylic acids is 2. The maximum absolute atomic E-state index is 12.6. The molecular formula is C21H24N2O3. The highest BCUT2D eigenvalue weighted by molar-refractivity contribution is 5.94. The minimum atomic E-state index is -0.0431. The fourth-order valence-corrected chi connectivity index (χ4v) is 3.00. The number of rotatable bonds is 4. The van der Waals surface area contributed by atoms with Gasteiger partial charge in [0.25, 0.3) is 11.8 Å². The molecule has 0 bridgehead atoms. The molecule has 5 heteroatoms. The van der Waals surface area contributed by atoms with Gasteiger partial charge in [0.1, 0.15) is 5.75 Å². The zero-order valence-corrected chi connectivity index (χ0v) is 15.1. The first-order valence-corrected chi connectivity index (χ1v) is 8.95. The van der Waals surface area contributed by atoms with Gasteiger partial charge in [0.15, 0.2) is 6.61 Å². The van der Waals surface area contributed by atoms with Gasteiger partial charge in [0.05, 0.1) is 0 Å². The van der Waals surface area contributed by atoms with Crippen LogP contribution in [0.25, 0.3) is 0 Å². The van der Waals surface area contributed by atoms with Crippen LogP contribution in [0.1, 0.15) is 22.3 Å². The van der Waals surface area contributed by atoms with Crippen LogP contribution < -0.4 is 4.74 Å². The monoisotopic (exact) mass is 352 g/mol. The van der Waals surface area contributed by atoms with Gasteiger partial charge in [-0.25, -0.2) is 0 Å². The number of carbonyl (C=O) groups is 2. The third-order valence-electron chi connectivity index (χ3n) is 4.54. The lowest BCUT2D eigenvalue weighted by Gasteiger charge is -2.22. The van der Waals surface area contributed by atoms with Crippen LogP contribution in [0.2, 0.25) is 0 Å². The van der Waals surface area contributed by atoms with Crippen LogP contribution in [0.3, 0.4) is 0 Å². The Morgan fingerprint density at radius 2 is 1.54 bits per heavy atom. The smallest absolute Gasteiger partial charge is 0.260 e. The summed E-state index contributed by atoms with van der Waals surface area (Å²) in [6, 6.07) is 16.9. The topological polar surface area (TPSA) is 49.9 Å². The number of para-hydroxylation sites is 1. The molecule has 26 heavy (non-hydrogen) atoms. The predicted molar refractivity (Wildman–Crippen MR) is 100 cm³/mol. The molecular weight excluding hydrogens is 328 g/mol. The highest BCUT2D eigenvalue weighted by Crippen LogP contribution is 2.12. The molecule has 2 aromatic rings. The van der Waals surface area contributed by atoms with Gasteiger partial charge in [-0.2, -0.15) is 0 Å². The van der Waals surface area contributed by atoms with Crippen LogP contribution in [0, 0.1) is 6.92 Å². The van der Waals surface area contributed by atoms with Crippen molar-refractivity contribution >= 4 is 11.8 Å². The van der Waals surface area contributed by atoms with Crippen LogP contribution >= 0.6 is 0 Å². The molecule has 0 aliphatic carbocycles. The molecule has 0 atom stereocenters. The van der Waals surface area contributed by atoms with Gasteiger partial charge in [-0.05, 0) is 37.6 Å². The standard InChI is InChI=1S/C21H24N2O3/c1-17-8-10-18(11-9-17)21(25)23-13-5-12-22(14-15-23)20(24)16-26-19-6-3-2-4-7-19/h2-4,6-11H,5,12-16H2,1H3. The molecule has 1 heterocycles. The number of ether oxygens (including phenoxy) is 1. The third-order valence-corrected chi connectivity index (χ3v) is 4.54. The number of benzene rings is 2. The van der Waals surface area contributed by atoms with Crippen molar-refractivity contribution in [2.24, 2.45) is 0 Å². The van der Waals surface area contributed by atoms with Crippen molar-refractivity contribution in [1.82, 2.24) is 9.80 Å². The molecule has 0 spiro atoms. The molecule has 1 saturated heterocycles. The van der Waals surface area contributed by atoms with E-state index in [1.165, 1.54) is 0 Å². The maximum Gasteiger partial charge on any atom is 0.260 e. The molecule has 1 aliphatic heterocycles. The van der Waals surface area contributed by atoms with E-state index in [1.807, 2.05) is 66.4 Å². The molecule has 1 aliphatic rings. The first-order valence-electron chi connectivity index (χ1n) is 8.95. The van der Waals surface area contributed by atoms with E-state index in [1.54, 1.807) is 4.90 Å². The maximum atomic E-state index is 12.6. The van der Waals surface area contributed by atoms with Crippen LogP contribution in [0.15, 0.2) is 54.6 Å². The molecule has 5 nitrogen and oxygen atoms in total. The summed E-state index contributed by atoms with van der Waals surface area (Å²) in [5.74, 6) is 0.671. The summed E-state index contributed by atoms with van der Waals surface area (Å²) >= 11 is 0. The van der Waals surface area contributed by atoms with E-state index in [0.29, 0.717) is 37.5 Å². The summed E-state index contributed by atoms with van der Waals surface area (Å²) in [4.78, 5) is 28.7. The summed E-state index contributed by atoms with van der Waals surface area (Å²) in [7, 11) is 0. The van der Waals surface area contributed by atoms with E-state index in [0.717, 1.165) is 12.0 Å². The zero-order valence-electron chi connectivity index (χ0n) is 15.1. The summed E-state index contributed by atoms with van der Waals surface area (Å²) in [6.45, 7) is 4.42. The highest BCUT2D eigenvalue weighted by atomic mass is 16.5. The molecule has 3 rings (SSSR count). The molecule has 0 aromatic heterocycles. The van der Waals surface area contributed by atoms with E-state index < -0.39 is 0 Å². The highest BCUT2D eigenvalue weighted by Gasteiger charge is 2.23. The van der Waals surface area contributed by atoms with Crippen LogP contribution in [-0.2, 0) is 4.79 Å². The second-order valence-electron chi connectivity index (χ2n) is 6.49.